The summed E-state index contributed by atoms with van der Waals surface area (Å²) in [7, 11) is 1.34. The highest BCUT2D eigenvalue weighted by atomic mass is 16.6. The number of aromatic amines is 1. The Morgan fingerprint density at radius 3 is 2.75 bits per heavy atom. The summed E-state index contributed by atoms with van der Waals surface area (Å²) in [4.78, 5) is 40.3. The standard InChI is InChI=1S/C20H17N3O5/c1-28-20(25)15-7-3-6-14-16-11-22(9-8-17(16)21-18(14)15)19(24)12-4-2-5-13(10-12)23(26)27/h2-7,10,21H,8-9,11H2,1H3. The van der Waals surface area contributed by atoms with E-state index in [0.717, 1.165) is 16.6 Å². The molecule has 1 aromatic heterocycles. The number of nitrogens with zero attached hydrogens (tertiary/aromatic N) is 2. The van der Waals surface area contributed by atoms with Gasteiger partial charge in [-0.2, -0.15) is 0 Å². The molecule has 0 fully saturated rings. The Labute approximate surface area is 159 Å². The maximum atomic E-state index is 12.9. The molecule has 142 valence electrons. The van der Waals surface area contributed by atoms with Crippen LogP contribution in [0.3, 0.4) is 0 Å². The molecule has 1 N–H and O–H groups in total. The van der Waals surface area contributed by atoms with Gasteiger partial charge in [0.2, 0.25) is 0 Å². The van der Waals surface area contributed by atoms with Crippen molar-refractivity contribution in [1.29, 1.82) is 0 Å². The average Bonchev–Trinajstić information content (AvgIpc) is 3.10. The molecule has 0 radical (unpaired) electrons. The first-order valence-electron chi connectivity index (χ1n) is 8.74. The summed E-state index contributed by atoms with van der Waals surface area (Å²) < 4.78 is 4.85. The summed E-state index contributed by atoms with van der Waals surface area (Å²) in [5, 5.41) is 11.8. The van der Waals surface area contributed by atoms with Gasteiger partial charge >= 0.3 is 5.97 Å². The molecule has 0 saturated carbocycles. The first-order chi connectivity index (χ1) is 13.5. The SMILES string of the molecule is COC(=O)c1cccc2c3c([nH]c12)CCN(C(=O)c1cccc([N+](=O)[O-])c1)C3. The molecule has 28 heavy (non-hydrogen) atoms. The van der Waals surface area contributed by atoms with Gasteiger partial charge in [-0.3, -0.25) is 14.9 Å². The van der Waals surface area contributed by atoms with Crippen LogP contribution in [0.4, 0.5) is 5.69 Å². The highest BCUT2D eigenvalue weighted by molar-refractivity contribution is 6.04. The number of amides is 1. The molecule has 0 unspecified atom stereocenters. The van der Waals surface area contributed by atoms with E-state index < -0.39 is 10.9 Å². The second-order valence-corrected chi connectivity index (χ2v) is 6.59. The number of carbonyl (C=O) groups is 2. The summed E-state index contributed by atoms with van der Waals surface area (Å²) >= 11 is 0. The zero-order chi connectivity index (χ0) is 19.8. The van der Waals surface area contributed by atoms with Gasteiger partial charge in [0, 0.05) is 53.9 Å². The first kappa shape index (κ1) is 17.7. The number of non-ortho nitro benzene ring substituents is 1. The summed E-state index contributed by atoms with van der Waals surface area (Å²) in [5.41, 5.74) is 3.25. The molecule has 8 heteroatoms. The summed E-state index contributed by atoms with van der Waals surface area (Å²) in [6.45, 7) is 0.844. The van der Waals surface area contributed by atoms with Gasteiger partial charge in [-0.15, -0.1) is 0 Å². The van der Waals surface area contributed by atoms with Gasteiger partial charge in [-0.25, -0.2) is 4.79 Å². The smallest absolute Gasteiger partial charge is 0.339 e. The van der Waals surface area contributed by atoms with Crippen LogP contribution in [0.15, 0.2) is 42.5 Å². The Hall–Kier alpha value is -3.68. The molecular weight excluding hydrogens is 362 g/mol. The Bertz CT molecular complexity index is 1120. The van der Waals surface area contributed by atoms with Crippen molar-refractivity contribution in [2.75, 3.05) is 13.7 Å². The molecule has 0 aliphatic carbocycles. The average molecular weight is 379 g/mol. The molecule has 0 spiro atoms. The number of rotatable bonds is 3. The number of H-pyrrole nitrogens is 1. The highest BCUT2D eigenvalue weighted by Crippen LogP contribution is 2.30. The minimum absolute atomic E-state index is 0.113. The van der Waals surface area contributed by atoms with Gasteiger partial charge in [0.05, 0.1) is 23.1 Å². The van der Waals surface area contributed by atoms with E-state index in [-0.39, 0.29) is 17.2 Å². The van der Waals surface area contributed by atoms with Crippen LogP contribution < -0.4 is 0 Å². The van der Waals surface area contributed by atoms with Gasteiger partial charge in [0.15, 0.2) is 0 Å². The van der Waals surface area contributed by atoms with E-state index in [1.807, 2.05) is 6.07 Å². The lowest BCUT2D eigenvalue weighted by atomic mass is 10.0. The van der Waals surface area contributed by atoms with Crippen molar-refractivity contribution in [2.45, 2.75) is 13.0 Å². The monoisotopic (exact) mass is 379 g/mol. The molecule has 3 aromatic rings. The van der Waals surface area contributed by atoms with Gasteiger partial charge < -0.3 is 14.6 Å². The van der Waals surface area contributed by atoms with E-state index in [1.54, 1.807) is 23.1 Å². The number of hydrogen-bond donors (Lipinski definition) is 1. The van der Waals surface area contributed by atoms with Crippen LogP contribution in [0.2, 0.25) is 0 Å². The maximum absolute atomic E-state index is 12.9. The molecule has 4 rings (SSSR count). The van der Waals surface area contributed by atoms with Crippen LogP contribution in [-0.2, 0) is 17.7 Å². The topological polar surface area (TPSA) is 106 Å². The van der Waals surface area contributed by atoms with E-state index >= 15 is 0 Å². The Morgan fingerprint density at radius 2 is 2.00 bits per heavy atom. The molecule has 0 atom stereocenters. The van der Waals surface area contributed by atoms with Crippen LogP contribution in [-0.4, -0.2) is 40.3 Å². The Balaban J connectivity index is 1.68. The number of nitro benzene ring substituents is 1. The molecule has 1 aliphatic heterocycles. The zero-order valence-electron chi connectivity index (χ0n) is 15.1. The number of esters is 1. The van der Waals surface area contributed by atoms with Crippen molar-refractivity contribution in [1.82, 2.24) is 9.88 Å². The third-order valence-electron chi connectivity index (χ3n) is 5.01. The minimum Gasteiger partial charge on any atom is -0.465 e. The van der Waals surface area contributed by atoms with Gasteiger partial charge in [-0.05, 0) is 12.1 Å². The van der Waals surface area contributed by atoms with Crippen molar-refractivity contribution in [3.63, 3.8) is 0 Å². The van der Waals surface area contributed by atoms with Crippen LogP contribution in [0, 0.1) is 10.1 Å². The summed E-state index contributed by atoms with van der Waals surface area (Å²) in [6, 6.07) is 11.1. The number of aromatic nitrogens is 1. The second kappa shape index (κ2) is 6.80. The van der Waals surface area contributed by atoms with E-state index in [2.05, 4.69) is 4.98 Å². The van der Waals surface area contributed by atoms with Crippen molar-refractivity contribution in [2.24, 2.45) is 0 Å². The number of methoxy groups -OCH3 is 1. The fourth-order valence-corrected chi connectivity index (χ4v) is 3.63. The quantitative estimate of drug-likeness (QED) is 0.428. The third kappa shape index (κ3) is 2.88. The molecule has 2 aromatic carbocycles. The number of benzene rings is 2. The Morgan fingerprint density at radius 1 is 1.21 bits per heavy atom. The van der Waals surface area contributed by atoms with Gasteiger partial charge in [-0.1, -0.05) is 18.2 Å². The van der Waals surface area contributed by atoms with Gasteiger partial charge in [0.1, 0.15) is 0 Å². The maximum Gasteiger partial charge on any atom is 0.339 e. The third-order valence-corrected chi connectivity index (χ3v) is 5.01. The number of ether oxygens (including phenoxy) is 1. The number of hydrogen-bond acceptors (Lipinski definition) is 5. The lowest BCUT2D eigenvalue weighted by Crippen LogP contribution is -2.35. The highest BCUT2D eigenvalue weighted by Gasteiger charge is 2.27. The number of nitro groups is 1. The molecule has 2 heterocycles. The van der Waals surface area contributed by atoms with E-state index in [4.69, 9.17) is 4.74 Å². The van der Waals surface area contributed by atoms with Crippen molar-refractivity contribution >= 4 is 28.5 Å². The number of nitrogens with one attached hydrogen (secondary N) is 1. The van der Waals surface area contributed by atoms with Crippen LogP contribution in [0.5, 0.6) is 0 Å². The molecular formula is C20H17N3O5. The molecule has 1 amide bonds. The van der Waals surface area contributed by atoms with Crippen molar-refractivity contribution in [3.05, 3.63) is 75.0 Å². The van der Waals surface area contributed by atoms with Crippen molar-refractivity contribution in [3.8, 4) is 0 Å². The van der Waals surface area contributed by atoms with Crippen LogP contribution in [0.25, 0.3) is 10.9 Å². The van der Waals surface area contributed by atoms with E-state index in [9.17, 15) is 19.7 Å². The lowest BCUT2D eigenvalue weighted by molar-refractivity contribution is -0.384. The number of para-hydroxylation sites is 1. The molecule has 8 nitrogen and oxygen atoms in total. The largest absolute Gasteiger partial charge is 0.465 e. The normalized spacial score (nSPS) is 13.2. The predicted octanol–water partition coefficient (Wildman–Crippen LogP) is 3.06. The van der Waals surface area contributed by atoms with Gasteiger partial charge in [0.25, 0.3) is 11.6 Å². The molecule has 0 bridgehead atoms. The lowest BCUT2D eigenvalue weighted by Gasteiger charge is -2.27. The fourth-order valence-electron chi connectivity index (χ4n) is 3.63. The minimum atomic E-state index is -0.515. The van der Waals surface area contributed by atoms with E-state index in [1.165, 1.54) is 25.3 Å². The summed E-state index contributed by atoms with van der Waals surface area (Å²) in [5.74, 6) is -0.679. The predicted molar refractivity (Wildman–Crippen MR) is 101 cm³/mol. The number of fused-ring (bicyclic) bond motifs is 3. The fraction of sp³-hybridized carbons (Fsp3) is 0.200. The first-order valence-corrected chi connectivity index (χ1v) is 8.74. The summed E-state index contributed by atoms with van der Waals surface area (Å²) in [6.07, 6.45) is 0.602. The van der Waals surface area contributed by atoms with E-state index in [0.29, 0.717) is 30.6 Å². The molecule has 0 saturated heterocycles. The van der Waals surface area contributed by atoms with Crippen LogP contribution >= 0.6 is 0 Å². The number of carbonyl (C=O) groups excluding carboxylic acids is 2. The second-order valence-electron chi connectivity index (χ2n) is 6.59. The Kier molecular flexibility index (Phi) is 4.31. The zero-order valence-corrected chi connectivity index (χ0v) is 15.1. The van der Waals surface area contributed by atoms with Crippen LogP contribution in [0.1, 0.15) is 32.0 Å². The van der Waals surface area contributed by atoms with Crippen molar-refractivity contribution < 1.29 is 19.2 Å². The molecule has 1 aliphatic rings.